The topological polar surface area (TPSA) is 48.1 Å². The molecule has 1 saturated heterocycles. The molecular formula is C15H18N2OS. The Morgan fingerprint density at radius 3 is 2.84 bits per heavy atom. The van der Waals surface area contributed by atoms with Gasteiger partial charge in [-0.2, -0.15) is 0 Å². The average Bonchev–Trinajstić information content (AvgIpc) is 2.98. The van der Waals surface area contributed by atoms with Gasteiger partial charge in [0.05, 0.1) is 17.3 Å². The van der Waals surface area contributed by atoms with Crippen LogP contribution >= 0.6 is 11.3 Å². The Balaban J connectivity index is 1.79. The number of nitrogens with two attached hydrogens (primary N) is 1. The highest BCUT2D eigenvalue weighted by atomic mass is 32.1. The van der Waals surface area contributed by atoms with Crippen molar-refractivity contribution in [3.63, 3.8) is 0 Å². The third-order valence-corrected chi connectivity index (χ3v) is 4.52. The van der Waals surface area contributed by atoms with Gasteiger partial charge in [0.15, 0.2) is 0 Å². The van der Waals surface area contributed by atoms with Gasteiger partial charge in [-0.3, -0.25) is 0 Å². The molecule has 0 radical (unpaired) electrons. The molecule has 1 unspecified atom stereocenters. The molecule has 1 aromatic heterocycles. The van der Waals surface area contributed by atoms with E-state index in [1.807, 2.05) is 0 Å². The first-order chi connectivity index (χ1) is 9.36. The number of aromatic nitrogens is 1. The van der Waals surface area contributed by atoms with Crippen molar-refractivity contribution in [2.24, 2.45) is 5.73 Å². The van der Waals surface area contributed by atoms with E-state index in [1.165, 1.54) is 11.4 Å². The largest absolute Gasteiger partial charge is 0.381 e. The molecule has 3 rings (SSSR count). The first-order valence-electron chi connectivity index (χ1n) is 6.69. The molecule has 2 N–H and O–H groups in total. The van der Waals surface area contributed by atoms with Crippen LogP contribution in [0, 0.1) is 0 Å². The van der Waals surface area contributed by atoms with Crippen molar-refractivity contribution in [3.05, 3.63) is 40.2 Å². The molecule has 1 aliphatic rings. The zero-order valence-corrected chi connectivity index (χ0v) is 11.7. The molecule has 2 heterocycles. The molecule has 3 nitrogen and oxygen atoms in total. The first-order valence-corrected chi connectivity index (χ1v) is 7.57. The Hall–Kier alpha value is -1.23. The van der Waals surface area contributed by atoms with Crippen molar-refractivity contribution >= 4 is 11.3 Å². The highest BCUT2D eigenvalue weighted by molar-refractivity contribution is 7.10. The summed E-state index contributed by atoms with van der Waals surface area (Å²) in [5.74, 6) is 0.482. The van der Waals surface area contributed by atoms with Gasteiger partial charge in [0.25, 0.3) is 0 Å². The molecule has 1 aliphatic heterocycles. The second-order valence-corrected chi connectivity index (χ2v) is 5.78. The van der Waals surface area contributed by atoms with E-state index in [-0.39, 0.29) is 0 Å². The van der Waals surface area contributed by atoms with E-state index in [4.69, 9.17) is 15.5 Å². The Morgan fingerprint density at radius 2 is 2.16 bits per heavy atom. The summed E-state index contributed by atoms with van der Waals surface area (Å²) < 4.78 is 5.53. The first kappa shape index (κ1) is 12.8. The van der Waals surface area contributed by atoms with E-state index < -0.39 is 0 Å². The standard InChI is InChI=1S/C15H18N2OS/c16-8-11-3-5-12(6-4-11)14-10-19-15(17-14)13-2-1-7-18-9-13/h3-6,10,13H,1-2,7-9,16H2. The Labute approximate surface area is 117 Å². The van der Waals surface area contributed by atoms with Crippen LogP contribution in [0.4, 0.5) is 0 Å². The summed E-state index contributed by atoms with van der Waals surface area (Å²) >= 11 is 1.75. The fourth-order valence-corrected chi connectivity index (χ4v) is 3.31. The van der Waals surface area contributed by atoms with Gasteiger partial charge in [0, 0.05) is 30.0 Å². The van der Waals surface area contributed by atoms with E-state index in [1.54, 1.807) is 11.3 Å². The van der Waals surface area contributed by atoms with E-state index in [9.17, 15) is 0 Å². The van der Waals surface area contributed by atoms with Crippen LogP contribution in [0.2, 0.25) is 0 Å². The number of hydrogen-bond donors (Lipinski definition) is 1. The molecular weight excluding hydrogens is 256 g/mol. The molecule has 0 amide bonds. The molecule has 1 atom stereocenters. The highest BCUT2D eigenvalue weighted by Gasteiger charge is 2.19. The fourth-order valence-electron chi connectivity index (χ4n) is 2.35. The van der Waals surface area contributed by atoms with E-state index in [2.05, 4.69) is 29.6 Å². The van der Waals surface area contributed by atoms with Crippen LogP contribution in [0.3, 0.4) is 0 Å². The van der Waals surface area contributed by atoms with Crippen molar-refractivity contribution in [2.45, 2.75) is 25.3 Å². The summed E-state index contributed by atoms with van der Waals surface area (Å²) in [6.07, 6.45) is 2.34. The SMILES string of the molecule is NCc1ccc(-c2csc(C3CCCOC3)n2)cc1. The summed E-state index contributed by atoms with van der Waals surface area (Å²) in [4.78, 5) is 4.77. The quantitative estimate of drug-likeness (QED) is 0.935. The minimum absolute atomic E-state index is 0.482. The van der Waals surface area contributed by atoms with Crippen LogP contribution in [0.15, 0.2) is 29.6 Å². The van der Waals surface area contributed by atoms with Crippen LogP contribution in [-0.2, 0) is 11.3 Å². The summed E-state index contributed by atoms with van der Waals surface area (Å²) in [6, 6.07) is 8.33. The Bertz CT molecular complexity index is 529. The summed E-state index contributed by atoms with van der Waals surface area (Å²) in [7, 11) is 0. The molecule has 0 spiro atoms. The summed E-state index contributed by atoms with van der Waals surface area (Å²) in [5, 5.41) is 3.35. The van der Waals surface area contributed by atoms with Crippen molar-refractivity contribution in [3.8, 4) is 11.3 Å². The number of rotatable bonds is 3. The molecule has 1 aromatic carbocycles. The second-order valence-electron chi connectivity index (χ2n) is 4.89. The molecule has 0 bridgehead atoms. The number of ether oxygens (including phenoxy) is 1. The molecule has 4 heteroatoms. The van der Waals surface area contributed by atoms with Gasteiger partial charge in [0.1, 0.15) is 0 Å². The van der Waals surface area contributed by atoms with Crippen LogP contribution < -0.4 is 5.73 Å². The van der Waals surface area contributed by atoms with Crippen molar-refractivity contribution < 1.29 is 4.74 Å². The van der Waals surface area contributed by atoms with Crippen LogP contribution in [0.1, 0.15) is 29.3 Å². The maximum Gasteiger partial charge on any atom is 0.0986 e. The van der Waals surface area contributed by atoms with Gasteiger partial charge in [-0.15, -0.1) is 11.3 Å². The highest BCUT2D eigenvalue weighted by Crippen LogP contribution is 2.31. The van der Waals surface area contributed by atoms with Gasteiger partial charge in [-0.25, -0.2) is 4.98 Å². The lowest BCUT2D eigenvalue weighted by Crippen LogP contribution is -2.15. The Morgan fingerprint density at radius 1 is 1.32 bits per heavy atom. The third kappa shape index (κ3) is 2.86. The third-order valence-electron chi connectivity index (χ3n) is 3.52. The lowest BCUT2D eigenvalue weighted by molar-refractivity contribution is 0.0804. The normalized spacial score (nSPS) is 19.5. The van der Waals surface area contributed by atoms with Gasteiger partial charge in [-0.05, 0) is 18.4 Å². The maximum atomic E-state index is 5.61. The van der Waals surface area contributed by atoms with E-state index >= 15 is 0 Å². The smallest absolute Gasteiger partial charge is 0.0986 e. The van der Waals surface area contributed by atoms with Crippen LogP contribution in [-0.4, -0.2) is 18.2 Å². The van der Waals surface area contributed by atoms with Crippen LogP contribution in [0.25, 0.3) is 11.3 Å². The van der Waals surface area contributed by atoms with Crippen molar-refractivity contribution in [1.29, 1.82) is 0 Å². The number of thiazole rings is 1. The monoisotopic (exact) mass is 274 g/mol. The van der Waals surface area contributed by atoms with E-state index in [0.717, 1.165) is 36.5 Å². The van der Waals surface area contributed by atoms with Crippen molar-refractivity contribution in [2.75, 3.05) is 13.2 Å². The van der Waals surface area contributed by atoms with E-state index in [0.29, 0.717) is 12.5 Å². The number of nitrogens with zero attached hydrogens (tertiary/aromatic N) is 1. The van der Waals surface area contributed by atoms with Gasteiger partial charge in [-0.1, -0.05) is 24.3 Å². The Kier molecular flexibility index (Phi) is 3.92. The molecule has 100 valence electrons. The van der Waals surface area contributed by atoms with Gasteiger partial charge >= 0.3 is 0 Å². The predicted molar refractivity (Wildman–Crippen MR) is 78.2 cm³/mol. The summed E-state index contributed by atoms with van der Waals surface area (Å²) in [5.41, 5.74) is 8.99. The number of hydrogen-bond acceptors (Lipinski definition) is 4. The zero-order chi connectivity index (χ0) is 13.1. The minimum Gasteiger partial charge on any atom is -0.381 e. The lowest BCUT2D eigenvalue weighted by atomic mass is 10.0. The fraction of sp³-hybridized carbons (Fsp3) is 0.400. The number of benzene rings is 1. The minimum atomic E-state index is 0.482. The molecule has 19 heavy (non-hydrogen) atoms. The predicted octanol–water partition coefficient (Wildman–Crippen LogP) is 3.16. The van der Waals surface area contributed by atoms with Crippen molar-refractivity contribution in [1.82, 2.24) is 4.98 Å². The maximum absolute atomic E-state index is 5.61. The second kappa shape index (κ2) is 5.82. The zero-order valence-electron chi connectivity index (χ0n) is 10.8. The summed E-state index contributed by atoms with van der Waals surface area (Å²) in [6.45, 7) is 2.30. The average molecular weight is 274 g/mol. The van der Waals surface area contributed by atoms with Crippen LogP contribution in [0.5, 0.6) is 0 Å². The molecule has 1 fully saturated rings. The van der Waals surface area contributed by atoms with Gasteiger partial charge in [0.2, 0.25) is 0 Å². The molecule has 2 aromatic rings. The molecule has 0 saturated carbocycles. The lowest BCUT2D eigenvalue weighted by Gasteiger charge is -2.19. The molecule has 0 aliphatic carbocycles. The van der Waals surface area contributed by atoms with Gasteiger partial charge < -0.3 is 10.5 Å².